The Morgan fingerprint density at radius 1 is 1.31 bits per heavy atom. The van der Waals surface area contributed by atoms with Crippen LogP contribution in [-0.2, 0) is 20.0 Å². The summed E-state index contributed by atoms with van der Waals surface area (Å²) >= 11 is 2.16. The van der Waals surface area contributed by atoms with Gasteiger partial charge < -0.3 is 0 Å². The van der Waals surface area contributed by atoms with E-state index in [1.54, 1.807) is 0 Å². The molecule has 92 valence electrons. The molecule has 0 aromatic heterocycles. The minimum absolute atomic E-state index is 0. The van der Waals surface area contributed by atoms with Gasteiger partial charge in [-0.25, -0.2) is 0 Å². The van der Waals surface area contributed by atoms with Gasteiger partial charge in [0.05, 0.1) is 0 Å². The summed E-state index contributed by atoms with van der Waals surface area (Å²) in [4.78, 5) is 0. The second kappa shape index (κ2) is 7.13. The molecule has 0 atom stereocenters. The quantitative estimate of drug-likeness (QED) is 0.787. The fourth-order valence-electron chi connectivity index (χ4n) is 1.79. The second-order valence-electron chi connectivity index (χ2n) is 4.44. The normalized spacial score (nSPS) is 17.4. The minimum atomic E-state index is 0. The summed E-state index contributed by atoms with van der Waals surface area (Å²) < 4.78 is 1.30. The number of likely N-dealkylation sites (N-methyl/N-ethyl adjacent to an activating group) is 1. The molecule has 1 N–H and O–H groups in total. The number of halogens is 2. The molecule has 1 aliphatic carbocycles. The van der Waals surface area contributed by atoms with Crippen LogP contribution in [0.2, 0.25) is 0 Å². The van der Waals surface area contributed by atoms with Crippen molar-refractivity contribution in [3.63, 3.8) is 0 Å². The van der Waals surface area contributed by atoms with Crippen LogP contribution in [0, 0.1) is 5.41 Å². The van der Waals surface area contributed by atoms with Gasteiger partial charge in [-0.3, -0.25) is 0 Å². The van der Waals surface area contributed by atoms with Gasteiger partial charge in [0.15, 0.2) is 0 Å². The molecule has 0 saturated heterocycles. The van der Waals surface area contributed by atoms with Crippen LogP contribution < -0.4 is 5.32 Å². The maximum atomic E-state index is 3.39. The summed E-state index contributed by atoms with van der Waals surface area (Å²) in [7, 11) is 0. The van der Waals surface area contributed by atoms with Gasteiger partial charge in [-0.15, -0.1) is 24.8 Å². The fraction of sp³-hybridized carbons (Fsp3) is 0.583. The first-order valence-electron chi connectivity index (χ1n) is 5.14. The van der Waals surface area contributed by atoms with E-state index >= 15 is 0 Å². The van der Waals surface area contributed by atoms with Gasteiger partial charge in [0.2, 0.25) is 0 Å². The van der Waals surface area contributed by atoms with E-state index in [2.05, 4.69) is 66.0 Å². The molecule has 0 fully saturated rings. The molecule has 1 aliphatic rings. The van der Waals surface area contributed by atoms with Crippen molar-refractivity contribution in [3.05, 3.63) is 22.8 Å². The maximum absolute atomic E-state index is 3.39. The SMILES string of the molecule is CCN[C](=[Ti])C1=CC(C)(C)C(C)=C1C.Cl.Cl. The molecule has 0 aliphatic heterocycles. The van der Waals surface area contributed by atoms with E-state index in [4.69, 9.17) is 0 Å². The van der Waals surface area contributed by atoms with Crippen molar-refractivity contribution in [1.82, 2.24) is 5.32 Å². The first kappa shape index (κ1) is 19.0. The van der Waals surface area contributed by atoms with E-state index in [1.807, 2.05) is 0 Å². The van der Waals surface area contributed by atoms with Gasteiger partial charge in [-0.2, -0.15) is 0 Å². The number of hydrogen-bond donors (Lipinski definition) is 1. The standard InChI is InChI=1S/C12H19N.2ClH.Ti/c1-6-13-8-11-7-12(4,5)10(3)9(11)2;;;/h7,13H,6H2,1-5H3;2*1H;. The largest absolute Gasteiger partial charge is 0.147 e. The molecule has 0 aromatic rings. The zero-order valence-corrected chi connectivity index (χ0v) is 13.8. The summed E-state index contributed by atoms with van der Waals surface area (Å²) in [5.74, 6) is 0. The summed E-state index contributed by atoms with van der Waals surface area (Å²) in [6.45, 7) is 12.1. The molecule has 0 unspecified atom stereocenters. The zero-order valence-electron chi connectivity index (χ0n) is 10.6. The van der Waals surface area contributed by atoms with Crippen molar-refractivity contribution in [2.24, 2.45) is 5.41 Å². The molecular weight excluding hydrogens is 277 g/mol. The molecule has 0 saturated carbocycles. The predicted molar refractivity (Wildman–Crippen MR) is 73.4 cm³/mol. The Kier molecular flexibility index (Phi) is 8.45. The van der Waals surface area contributed by atoms with Crippen molar-refractivity contribution in [2.45, 2.75) is 34.6 Å². The van der Waals surface area contributed by atoms with Gasteiger partial charge in [0.25, 0.3) is 0 Å². The van der Waals surface area contributed by atoms with Crippen LogP contribution in [0.25, 0.3) is 0 Å². The number of nitrogens with one attached hydrogen (secondary N) is 1. The molecule has 16 heavy (non-hydrogen) atoms. The Morgan fingerprint density at radius 3 is 2.12 bits per heavy atom. The van der Waals surface area contributed by atoms with Gasteiger partial charge >= 0.3 is 98.6 Å². The fourth-order valence-corrected chi connectivity index (χ4v) is 2.48. The maximum Gasteiger partial charge on any atom is -0.147 e. The van der Waals surface area contributed by atoms with Crippen LogP contribution in [-0.4, -0.2) is 10.5 Å². The van der Waals surface area contributed by atoms with Gasteiger partial charge in [0.1, 0.15) is 0 Å². The summed E-state index contributed by atoms with van der Waals surface area (Å²) in [5, 5.41) is 3.39. The Hall–Kier alpha value is 0.604. The smallest absolute Gasteiger partial charge is 0.147 e. The number of allylic oxidation sites excluding steroid dienone is 2. The van der Waals surface area contributed by atoms with Gasteiger partial charge in [0, 0.05) is 0 Å². The predicted octanol–water partition coefficient (Wildman–Crippen LogP) is 3.42. The van der Waals surface area contributed by atoms with E-state index < -0.39 is 0 Å². The van der Waals surface area contributed by atoms with Crippen LogP contribution in [0.3, 0.4) is 0 Å². The topological polar surface area (TPSA) is 12.0 Å². The first-order valence-corrected chi connectivity index (χ1v) is 5.92. The van der Waals surface area contributed by atoms with Crippen LogP contribution in [0.5, 0.6) is 0 Å². The van der Waals surface area contributed by atoms with Gasteiger partial charge in [-0.05, 0) is 0 Å². The van der Waals surface area contributed by atoms with E-state index in [-0.39, 0.29) is 30.2 Å². The van der Waals surface area contributed by atoms with E-state index in [0.29, 0.717) is 0 Å². The van der Waals surface area contributed by atoms with Crippen LogP contribution >= 0.6 is 24.8 Å². The Morgan fingerprint density at radius 2 is 1.81 bits per heavy atom. The second-order valence-corrected chi connectivity index (χ2v) is 5.22. The summed E-state index contributed by atoms with van der Waals surface area (Å²) in [6.07, 6.45) is 2.37. The molecule has 0 heterocycles. The average molecular weight is 298 g/mol. The van der Waals surface area contributed by atoms with Crippen molar-refractivity contribution in [3.8, 4) is 0 Å². The van der Waals surface area contributed by atoms with Crippen molar-refractivity contribution >= 4 is 28.7 Å². The molecule has 0 bridgehead atoms. The van der Waals surface area contributed by atoms with Crippen molar-refractivity contribution < 1.29 is 20.0 Å². The molecule has 4 heteroatoms. The summed E-state index contributed by atoms with van der Waals surface area (Å²) in [6, 6.07) is 0. The molecule has 1 nitrogen and oxygen atoms in total. The number of rotatable bonds is 3. The third kappa shape index (κ3) is 3.82. The number of hydrogen-bond acceptors (Lipinski definition) is 1. The van der Waals surface area contributed by atoms with Gasteiger partial charge in [-0.1, -0.05) is 0 Å². The molecule has 0 radical (unpaired) electrons. The van der Waals surface area contributed by atoms with Crippen molar-refractivity contribution in [1.29, 1.82) is 0 Å². The third-order valence-corrected chi connectivity index (χ3v) is 3.76. The molecule has 0 amide bonds. The molecular formula is C12H21Cl2NTi. The molecule has 0 aromatic carbocycles. The third-order valence-electron chi connectivity index (χ3n) is 3.06. The van der Waals surface area contributed by atoms with Crippen molar-refractivity contribution in [2.75, 3.05) is 6.54 Å². The zero-order chi connectivity index (χ0) is 10.9. The average Bonchev–Trinajstić information content (AvgIpc) is 2.30. The van der Waals surface area contributed by atoms with Crippen LogP contribution in [0.4, 0.5) is 0 Å². The Labute approximate surface area is 123 Å². The monoisotopic (exact) mass is 297 g/mol. The molecule has 0 spiro atoms. The van der Waals surface area contributed by atoms with E-state index in [1.165, 1.54) is 20.7 Å². The Balaban J connectivity index is 0. The molecule has 1 rings (SSSR count). The van der Waals surface area contributed by atoms with Crippen LogP contribution in [0.1, 0.15) is 34.6 Å². The van der Waals surface area contributed by atoms with E-state index in [9.17, 15) is 0 Å². The summed E-state index contributed by atoms with van der Waals surface area (Å²) in [5.41, 5.74) is 4.56. The van der Waals surface area contributed by atoms with Crippen LogP contribution in [0.15, 0.2) is 22.8 Å². The Bertz CT molecular complexity index is 330. The first-order chi connectivity index (χ1) is 6.40. The van der Waals surface area contributed by atoms with E-state index in [0.717, 1.165) is 6.54 Å². The minimum Gasteiger partial charge on any atom is -0.147 e.